The van der Waals surface area contributed by atoms with Gasteiger partial charge in [-0.3, -0.25) is 9.35 Å². The smallest absolute Gasteiger partial charge is 0.432 e. The Morgan fingerprint density at radius 1 is 0.963 bits per heavy atom. The molecule has 4 fully saturated rings. The lowest BCUT2D eigenvalue weighted by Gasteiger charge is -2.55. The van der Waals surface area contributed by atoms with Gasteiger partial charge in [0, 0.05) is 5.41 Å². The molecule has 154 valence electrons. The maximum Gasteiger partial charge on any atom is 0.432 e. The molecule has 6 nitrogen and oxygen atoms in total. The minimum Gasteiger partial charge on any atom is -0.439 e. The van der Waals surface area contributed by atoms with E-state index >= 15 is 0 Å². The van der Waals surface area contributed by atoms with Gasteiger partial charge in [-0.1, -0.05) is 0 Å². The van der Waals surface area contributed by atoms with Crippen molar-refractivity contribution in [1.82, 2.24) is 0 Å². The monoisotopic (exact) mass is 420 g/mol. The molecule has 4 aliphatic rings. The molecule has 4 rings (SSSR count). The summed E-state index contributed by atoms with van der Waals surface area (Å²) in [6, 6.07) is 0. The van der Waals surface area contributed by atoms with Crippen molar-refractivity contribution in [2.75, 3.05) is 0 Å². The Labute approximate surface area is 151 Å². The van der Waals surface area contributed by atoms with E-state index in [0.717, 1.165) is 19.3 Å². The largest absolute Gasteiger partial charge is 0.439 e. The van der Waals surface area contributed by atoms with E-state index < -0.39 is 44.8 Å². The first-order valence-electron chi connectivity index (χ1n) is 8.33. The molecule has 0 radical (unpaired) electrons. The molecule has 0 saturated heterocycles. The third kappa shape index (κ3) is 3.45. The molecule has 0 aromatic carbocycles. The summed E-state index contributed by atoms with van der Waals surface area (Å²) in [5, 5.41) is -5.84. The Kier molecular flexibility index (Phi) is 4.61. The van der Waals surface area contributed by atoms with Crippen molar-refractivity contribution >= 4 is 21.9 Å². The number of halogens is 5. The van der Waals surface area contributed by atoms with Gasteiger partial charge in [-0.25, -0.2) is 4.79 Å². The summed E-state index contributed by atoms with van der Waals surface area (Å²) in [6.45, 7) is 0. The molecular weight excluding hydrogens is 403 g/mol. The van der Waals surface area contributed by atoms with Crippen molar-refractivity contribution in [3.05, 3.63) is 0 Å². The highest BCUT2D eigenvalue weighted by Crippen LogP contribution is 2.60. The van der Waals surface area contributed by atoms with Crippen LogP contribution in [0.3, 0.4) is 0 Å². The molecule has 1 N–H and O–H groups in total. The highest BCUT2D eigenvalue weighted by Gasteiger charge is 2.67. The number of carbonyl (C=O) groups is 2. The summed E-state index contributed by atoms with van der Waals surface area (Å²) < 4.78 is 99.1. The van der Waals surface area contributed by atoms with Crippen LogP contribution in [0.5, 0.6) is 0 Å². The third-order valence-electron chi connectivity index (χ3n) is 5.88. The van der Waals surface area contributed by atoms with Gasteiger partial charge in [-0.2, -0.15) is 30.4 Å². The molecule has 12 heteroatoms. The van der Waals surface area contributed by atoms with Crippen molar-refractivity contribution in [2.24, 2.45) is 23.2 Å². The molecule has 0 aliphatic heterocycles. The van der Waals surface area contributed by atoms with Gasteiger partial charge in [0.1, 0.15) is 0 Å². The highest BCUT2D eigenvalue weighted by molar-refractivity contribution is 7.86. The number of alkyl halides is 5. The number of ether oxygens (including phenoxy) is 1. The second-order valence-corrected chi connectivity index (χ2v) is 9.39. The zero-order chi connectivity index (χ0) is 20.4. The Bertz CT molecular complexity index is 724. The molecule has 1 atom stereocenters. The van der Waals surface area contributed by atoms with Crippen LogP contribution in [0.25, 0.3) is 0 Å². The standard InChI is InChI=1S/C15H17F5O6S/c16-14(17,18)12(15(19,20)27(23,24)25)26-11(22)10(21)13-4-7-1-8(5-13)3-9(2-7)6-13/h7-9,12H,1-6H2,(H,23,24,25). The average Bonchev–Trinajstić information content (AvgIpc) is 2.47. The second kappa shape index (κ2) is 6.10. The molecule has 27 heavy (non-hydrogen) atoms. The van der Waals surface area contributed by atoms with Gasteiger partial charge in [0.15, 0.2) is 0 Å². The average molecular weight is 420 g/mol. The van der Waals surface area contributed by atoms with Crippen LogP contribution >= 0.6 is 0 Å². The molecule has 0 aromatic heterocycles. The van der Waals surface area contributed by atoms with E-state index in [9.17, 15) is 40.0 Å². The zero-order valence-electron chi connectivity index (χ0n) is 13.8. The number of hydrogen-bond acceptors (Lipinski definition) is 5. The molecule has 4 saturated carbocycles. The van der Waals surface area contributed by atoms with Gasteiger partial charge in [0.2, 0.25) is 5.78 Å². The Balaban J connectivity index is 1.83. The number of Topliss-reactive ketones (excluding diaryl/α,β-unsaturated/α-hetero) is 1. The van der Waals surface area contributed by atoms with Crippen molar-refractivity contribution in [2.45, 2.75) is 56.1 Å². The van der Waals surface area contributed by atoms with Crippen molar-refractivity contribution in [3.8, 4) is 0 Å². The number of carbonyl (C=O) groups excluding carboxylic acids is 2. The zero-order valence-corrected chi connectivity index (χ0v) is 14.7. The molecular formula is C15H17F5O6S. The lowest BCUT2D eigenvalue weighted by Crippen LogP contribution is -2.56. The Hall–Kier alpha value is -1.30. The van der Waals surface area contributed by atoms with E-state index in [0.29, 0.717) is 0 Å². The molecule has 4 bridgehead atoms. The number of esters is 1. The van der Waals surface area contributed by atoms with Gasteiger partial charge in [-0.15, -0.1) is 0 Å². The van der Waals surface area contributed by atoms with E-state index in [1.807, 2.05) is 0 Å². The van der Waals surface area contributed by atoms with Crippen LogP contribution in [-0.2, 0) is 24.4 Å². The minimum atomic E-state index is -6.54. The molecule has 1 unspecified atom stereocenters. The first-order chi connectivity index (χ1) is 12.2. The summed E-state index contributed by atoms with van der Waals surface area (Å²) >= 11 is 0. The van der Waals surface area contributed by atoms with Crippen LogP contribution in [0.15, 0.2) is 0 Å². The maximum atomic E-state index is 13.5. The fourth-order valence-electron chi connectivity index (χ4n) is 5.23. The number of ketones is 1. The summed E-state index contributed by atoms with van der Waals surface area (Å²) in [5.41, 5.74) is -1.24. The van der Waals surface area contributed by atoms with Crippen molar-refractivity contribution in [1.29, 1.82) is 0 Å². The van der Waals surface area contributed by atoms with Gasteiger partial charge in [0.05, 0.1) is 0 Å². The minimum absolute atomic E-state index is 0.144. The molecule has 0 spiro atoms. The summed E-state index contributed by atoms with van der Waals surface area (Å²) in [4.78, 5) is 24.5. The fraction of sp³-hybridized carbons (Fsp3) is 0.867. The third-order valence-corrected chi connectivity index (χ3v) is 6.78. The van der Waals surface area contributed by atoms with E-state index in [1.54, 1.807) is 0 Å². The van der Waals surface area contributed by atoms with Crippen LogP contribution < -0.4 is 0 Å². The molecule has 0 amide bonds. The van der Waals surface area contributed by atoms with Crippen LogP contribution in [0.4, 0.5) is 22.0 Å². The SMILES string of the molecule is O=C(OC(C(F)(F)F)C(F)(F)S(=O)(=O)O)C(=O)C12CC3CC(CC(C3)C1)C2. The summed E-state index contributed by atoms with van der Waals surface area (Å²) in [5.74, 6) is -3.05. The Morgan fingerprint density at radius 3 is 1.70 bits per heavy atom. The molecule has 0 heterocycles. The predicted octanol–water partition coefficient (Wildman–Crippen LogP) is 2.73. The van der Waals surface area contributed by atoms with Crippen molar-refractivity contribution in [3.63, 3.8) is 0 Å². The van der Waals surface area contributed by atoms with Crippen LogP contribution in [0, 0.1) is 23.2 Å². The van der Waals surface area contributed by atoms with E-state index in [2.05, 4.69) is 4.74 Å². The second-order valence-electron chi connectivity index (χ2n) is 7.89. The van der Waals surface area contributed by atoms with Crippen molar-refractivity contribution < 1.29 is 49.2 Å². The molecule has 0 aromatic rings. The predicted molar refractivity (Wildman–Crippen MR) is 78.0 cm³/mol. The van der Waals surface area contributed by atoms with Gasteiger partial charge in [-0.05, 0) is 56.3 Å². The first kappa shape index (κ1) is 20.4. The van der Waals surface area contributed by atoms with E-state index in [4.69, 9.17) is 4.55 Å². The normalized spacial score (nSPS) is 34.4. The van der Waals surface area contributed by atoms with Gasteiger partial charge in [0.25, 0.3) is 6.10 Å². The van der Waals surface area contributed by atoms with Crippen LogP contribution in [0.1, 0.15) is 38.5 Å². The maximum absolute atomic E-state index is 13.5. The summed E-state index contributed by atoms with van der Waals surface area (Å²) in [7, 11) is -6.54. The Morgan fingerprint density at radius 2 is 1.37 bits per heavy atom. The number of rotatable bonds is 5. The quantitative estimate of drug-likeness (QED) is 0.318. The lowest BCUT2D eigenvalue weighted by atomic mass is 9.48. The van der Waals surface area contributed by atoms with E-state index in [-0.39, 0.29) is 37.0 Å². The van der Waals surface area contributed by atoms with Gasteiger partial charge < -0.3 is 4.74 Å². The first-order valence-corrected chi connectivity index (χ1v) is 9.77. The fourth-order valence-corrected chi connectivity index (χ4v) is 5.68. The molecule has 4 aliphatic carbocycles. The highest BCUT2D eigenvalue weighted by atomic mass is 32.2. The van der Waals surface area contributed by atoms with Crippen LogP contribution in [-0.4, -0.2) is 42.3 Å². The van der Waals surface area contributed by atoms with Gasteiger partial charge >= 0.3 is 27.5 Å². The van der Waals surface area contributed by atoms with E-state index in [1.165, 1.54) is 0 Å². The van der Waals surface area contributed by atoms with Crippen LogP contribution in [0.2, 0.25) is 0 Å². The topological polar surface area (TPSA) is 97.7 Å². The summed E-state index contributed by atoms with van der Waals surface area (Å²) in [6.07, 6.45) is -7.11. The lowest BCUT2D eigenvalue weighted by molar-refractivity contribution is -0.258. The number of hydrogen-bond donors (Lipinski definition) is 1.